The van der Waals surface area contributed by atoms with Crippen LogP contribution < -0.4 is 5.73 Å². The number of pyridine rings is 1. The second-order valence-corrected chi connectivity index (χ2v) is 4.30. The van der Waals surface area contributed by atoms with E-state index in [1.165, 1.54) is 11.8 Å². The zero-order valence-electron chi connectivity index (χ0n) is 8.73. The van der Waals surface area contributed by atoms with Crippen LogP contribution >= 0.6 is 11.8 Å². The van der Waals surface area contributed by atoms with E-state index in [0.29, 0.717) is 5.56 Å². The van der Waals surface area contributed by atoms with Crippen LogP contribution in [0.1, 0.15) is 11.3 Å². The monoisotopic (exact) mass is 233 g/mol. The second-order valence-electron chi connectivity index (χ2n) is 3.24. The Morgan fingerprint density at radius 1 is 1.44 bits per heavy atom. The van der Waals surface area contributed by atoms with Crippen LogP contribution in [0.4, 0.5) is 0 Å². The van der Waals surface area contributed by atoms with Gasteiger partial charge in [0.2, 0.25) is 0 Å². The Bertz CT molecular complexity index is 504. The summed E-state index contributed by atoms with van der Waals surface area (Å²) in [4.78, 5) is 5.26. The van der Waals surface area contributed by atoms with Gasteiger partial charge in [-0.05, 0) is 25.1 Å². The van der Waals surface area contributed by atoms with Crippen LogP contribution in [0, 0.1) is 12.3 Å². The Hall–Kier alpha value is -1.75. The molecule has 16 heavy (non-hydrogen) atoms. The van der Waals surface area contributed by atoms with Gasteiger partial charge in [0.15, 0.2) is 0 Å². The molecule has 0 unspecified atom stereocenters. The van der Waals surface area contributed by atoms with E-state index in [4.69, 9.17) is 15.6 Å². The van der Waals surface area contributed by atoms with Crippen LogP contribution in [-0.4, -0.2) is 10.8 Å². The lowest BCUT2D eigenvalue weighted by molar-refractivity contribution is 0.527. The summed E-state index contributed by atoms with van der Waals surface area (Å²) >= 11 is 1.53. The predicted octanol–water partition coefficient (Wildman–Crippen LogP) is 2.42. The van der Waals surface area contributed by atoms with E-state index in [2.05, 4.69) is 4.98 Å². The molecule has 4 nitrogen and oxygen atoms in total. The number of nitrogen functional groups attached to an aromatic ring is 1. The lowest BCUT2D eigenvalue weighted by atomic mass is 10.3. The van der Waals surface area contributed by atoms with Crippen molar-refractivity contribution in [3.05, 3.63) is 42.0 Å². The van der Waals surface area contributed by atoms with Crippen molar-refractivity contribution in [2.75, 3.05) is 0 Å². The average molecular weight is 233 g/mol. The molecule has 0 spiro atoms. The van der Waals surface area contributed by atoms with Crippen molar-refractivity contribution in [1.29, 1.82) is 5.41 Å². The lowest BCUT2D eigenvalue weighted by Gasteiger charge is -2.00. The smallest absolute Gasteiger partial charge is 0.124 e. The zero-order chi connectivity index (χ0) is 11.5. The quantitative estimate of drug-likeness (QED) is 0.630. The summed E-state index contributed by atoms with van der Waals surface area (Å²) < 4.78 is 5.20. The van der Waals surface area contributed by atoms with Crippen LogP contribution in [0.5, 0.6) is 0 Å². The van der Waals surface area contributed by atoms with Gasteiger partial charge in [-0.15, -0.1) is 0 Å². The van der Waals surface area contributed by atoms with Crippen molar-refractivity contribution in [3.63, 3.8) is 0 Å². The lowest BCUT2D eigenvalue weighted by Crippen LogP contribution is -2.10. The van der Waals surface area contributed by atoms with Gasteiger partial charge in [-0.25, -0.2) is 4.98 Å². The first-order chi connectivity index (χ1) is 7.66. The molecular weight excluding hydrogens is 222 g/mol. The van der Waals surface area contributed by atoms with Crippen molar-refractivity contribution in [2.45, 2.75) is 16.8 Å². The minimum Gasteiger partial charge on any atom is -0.468 e. The van der Waals surface area contributed by atoms with E-state index in [-0.39, 0.29) is 5.84 Å². The third-order valence-corrected chi connectivity index (χ3v) is 3.17. The maximum Gasteiger partial charge on any atom is 0.124 e. The summed E-state index contributed by atoms with van der Waals surface area (Å²) in [7, 11) is 0. The van der Waals surface area contributed by atoms with E-state index in [0.717, 1.165) is 15.7 Å². The van der Waals surface area contributed by atoms with Gasteiger partial charge in [-0.3, -0.25) is 5.41 Å². The van der Waals surface area contributed by atoms with Crippen LogP contribution in [0.15, 0.2) is 45.0 Å². The van der Waals surface area contributed by atoms with Crippen LogP contribution in [0.2, 0.25) is 0 Å². The minimum atomic E-state index is 0.0311. The van der Waals surface area contributed by atoms with E-state index < -0.39 is 0 Å². The highest BCUT2D eigenvalue weighted by Crippen LogP contribution is 2.29. The van der Waals surface area contributed by atoms with E-state index in [1.54, 1.807) is 18.5 Å². The molecule has 0 radical (unpaired) electrons. The van der Waals surface area contributed by atoms with E-state index in [1.807, 2.05) is 19.1 Å². The summed E-state index contributed by atoms with van der Waals surface area (Å²) in [6, 6.07) is 5.53. The molecule has 2 rings (SSSR count). The fourth-order valence-electron chi connectivity index (χ4n) is 1.19. The number of amidine groups is 1. The summed E-state index contributed by atoms with van der Waals surface area (Å²) in [6.45, 7) is 1.91. The molecule has 0 atom stereocenters. The van der Waals surface area contributed by atoms with E-state index >= 15 is 0 Å². The Kier molecular flexibility index (Phi) is 2.96. The van der Waals surface area contributed by atoms with Gasteiger partial charge in [0.05, 0.1) is 11.2 Å². The molecule has 2 heterocycles. The molecule has 0 aliphatic heterocycles. The average Bonchev–Trinajstić information content (AvgIpc) is 2.65. The molecule has 5 heteroatoms. The van der Waals surface area contributed by atoms with Gasteiger partial charge in [-0.2, -0.15) is 0 Å². The first-order valence-electron chi connectivity index (χ1n) is 4.69. The van der Waals surface area contributed by atoms with Gasteiger partial charge >= 0.3 is 0 Å². The number of hydrogen-bond donors (Lipinski definition) is 2. The first-order valence-corrected chi connectivity index (χ1v) is 5.51. The zero-order valence-corrected chi connectivity index (χ0v) is 9.54. The topological polar surface area (TPSA) is 75.9 Å². The first kappa shape index (κ1) is 10.8. The van der Waals surface area contributed by atoms with Gasteiger partial charge in [-0.1, -0.05) is 11.8 Å². The van der Waals surface area contributed by atoms with Gasteiger partial charge < -0.3 is 10.2 Å². The fraction of sp³-hybridized carbons (Fsp3) is 0.0909. The SMILES string of the molecule is Cc1occc1Sc1ccc(C(=N)N)cn1. The third kappa shape index (κ3) is 2.25. The maximum absolute atomic E-state index is 7.25. The maximum atomic E-state index is 7.25. The Labute approximate surface area is 97.4 Å². The molecule has 0 amide bonds. The molecule has 0 aliphatic rings. The highest BCUT2D eigenvalue weighted by atomic mass is 32.2. The number of aryl methyl sites for hydroxylation is 1. The highest BCUT2D eigenvalue weighted by Gasteiger charge is 2.05. The molecule has 0 aromatic carbocycles. The highest BCUT2D eigenvalue weighted by molar-refractivity contribution is 7.99. The normalized spacial score (nSPS) is 10.3. The van der Waals surface area contributed by atoms with Crippen LogP contribution in [0.3, 0.4) is 0 Å². The minimum absolute atomic E-state index is 0.0311. The van der Waals surface area contributed by atoms with Crippen molar-refractivity contribution < 1.29 is 4.42 Å². The van der Waals surface area contributed by atoms with Gasteiger partial charge in [0.1, 0.15) is 16.6 Å². The molecule has 2 aromatic heterocycles. The number of rotatable bonds is 3. The van der Waals surface area contributed by atoms with Crippen molar-refractivity contribution in [2.24, 2.45) is 5.73 Å². The van der Waals surface area contributed by atoms with Crippen molar-refractivity contribution in [3.8, 4) is 0 Å². The summed E-state index contributed by atoms with van der Waals surface area (Å²) in [6.07, 6.45) is 3.25. The fourth-order valence-corrected chi connectivity index (χ4v) is 1.97. The standard InChI is InChI=1S/C11H11N3OS/c1-7-9(4-5-15-7)16-10-3-2-8(6-14-10)11(12)13/h2-6H,1H3,(H3,12,13). The summed E-state index contributed by atoms with van der Waals surface area (Å²) in [5.41, 5.74) is 5.98. The number of hydrogen-bond acceptors (Lipinski definition) is 4. The Balaban J connectivity index is 2.17. The largest absolute Gasteiger partial charge is 0.468 e. The molecular formula is C11H11N3OS. The van der Waals surface area contributed by atoms with Gasteiger partial charge in [0, 0.05) is 11.8 Å². The molecule has 0 saturated heterocycles. The third-order valence-electron chi connectivity index (χ3n) is 2.07. The van der Waals surface area contributed by atoms with Crippen molar-refractivity contribution in [1.82, 2.24) is 4.98 Å². The molecule has 2 aromatic rings. The number of aromatic nitrogens is 1. The number of nitrogens with zero attached hydrogens (tertiary/aromatic N) is 1. The van der Waals surface area contributed by atoms with Crippen molar-refractivity contribution >= 4 is 17.6 Å². The Morgan fingerprint density at radius 3 is 2.75 bits per heavy atom. The van der Waals surface area contributed by atoms with Gasteiger partial charge in [0.25, 0.3) is 0 Å². The van der Waals surface area contributed by atoms with Crippen LogP contribution in [0.25, 0.3) is 0 Å². The molecule has 0 saturated carbocycles. The number of nitrogens with one attached hydrogen (secondary N) is 1. The second kappa shape index (κ2) is 4.40. The summed E-state index contributed by atoms with van der Waals surface area (Å²) in [5.74, 6) is 0.908. The van der Waals surface area contributed by atoms with E-state index in [9.17, 15) is 0 Å². The number of nitrogens with two attached hydrogens (primary N) is 1. The number of furan rings is 1. The molecule has 0 aliphatic carbocycles. The Morgan fingerprint density at radius 2 is 2.25 bits per heavy atom. The molecule has 0 bridgehead atoms. The summed E-state index contributed by atoms with van der Waals surface area (Å²) in [5, 5.41) is 8.11. The molecule has 0 fully saturated rings. The molecule has 3 N–H and O–H groups in total. The predicted molar refractivity (Wildman–Crippen MR) is 62.8 cm³/mol. The molecule has 82 valence electrons. The van der Waals surface area contributed by atoms with Crippen LogP contribution in [-0.2, 0) is 0 Å².